The highest BCUT2D eigenvalue weighted by Gasteiger charge is 2.12. The standard InChI is InChI=1S/C25H19N7O2S2/c26-12-15-11-16(27-22(33)13-35-24-29-18-5-1-2-6-19(18)30-24)9-10-17(15)28-23(34)14-36-25-31-20-7-3-4-8-21(20)32-25/h1-11H,13-14H2,(H,27,33)(H,28,34)(H,29,30)(H,31,32). The third-order valence-corrected chi connectivity index (χ3v) is 6.86. The number of aromatic amines is 2. The van der Waals surface area contributed by atoms with Crippen molar-refractivity contribution >= 4 is 68.8 Å². The summed E-state index contributed by atoms with van der Waals surface area (Å²) in [6.45, 7) is 0. The van der Waals surface area contributed by atoms with Crippen LogP contribution in [0.15, 0.2) is 77.0 Å². The van der Waals surface area contributed by atoms with Gasteiger partial charge in [-0.05, 0) is 42.5 Å². The topological polar surface area (TPSA) is 139 Å². The molecule has 0 radical (unpaired) electrons. The summed E-state index contributed by atoms with van der Waals surface area (Å²) in [4.78, 5) is 40.1. The minimum atomic E-state index is -0.268. The maximum Gasteiger partial charge on any atom is 0.234 e. The van der Waals surface area contributed by atoms with Gasteiger partial charge < -0.3 is 20.6 Å². The van der Waals surface area contributed by atoms with Crippen molar-refractivity contribution in [1.82, 2.24) is 19.9 Å². The smallest absolute Gasteiger partial charge is 0.234 e. The molecular formula is C25H19N7O2S2. The highest BCUT2D eigenvalue weighted by molar-refractivity contribution is 8.00. The molecule has 5 aromatic rings. The number of carbonyl (C=O) groups excluding carboxylic acids is 2. The van der Waals surface area contributed by atoms with E-state index in [2.05, 4.69) is 36.6 Å². The van der Waals surface area contributed by atoms with Gasteiger partial charge in [0.15, 0.2) is 10.3 Å². The molecule has 0 aliphatic heterocycles. The van der Waals surface area contributed by atoms with Crippen molar-refractivity contribution in [2.45, 2.75) is 10.3 Å². The number of nitrogens with one attached hydrogen (secondary N) is 4. The predicted molar refractivity (Wildman–Crippen MR) is 142 cm³/mol. The zero-order valence-corrected chi connectivity index (χ0v) is 20.4. The molecule has 0 spiro atoms. The molecule has 178 valence electrons. The molecule has 0 bridgehead atoms. The zero-order chi connectivity index (χ0) is 24.9. The number of thioether (sulfide) groups is 2. The van der Waals surface area contributed by atoms with Gasteiger partial charge in [-0.25, -0.2) is 9.97 Å². The Morgan fingerprint density at radius 2 is 1.36 bits per heavy atom. The first kappa shape index (κ1) is 23.5. The number of imidazole rings is 2. The van der Waals surface area contributed by atoms with E-state index in [1.807, 2.05) is 48.5 Å². The molecule has 5 rings (SSSR count). The minimum absolute atomic E-state index is 0.127. The molecule has 0 atom stereocenters. The van der Waals surface area contributed by atoms with Gasteiger partial charge in [-0.2, -0.15) is 5.26 Å². The Hall–Kier alpha value is -4.27. The number of carbonyl (C=O) groups is 2. The molecule has 0 saturated heterocycles. The fourth-order valence-electron chi connectivity index (χ4n) is 3.47. The normalized spacial score (nSPS) is 10.9. The van der Waals surface area contributed by atoms with Crippen LogP contribution in [0.25, 0.3) is 22.1 Å². The van der Waals surface area contributed by atoms with Gasteiger partial charge in [0.2, 0.25) is 11.8 Å². The van der Waals surface area contributed by atoms with E-state index in [0.29, 0.717) is 21.7 Å². The molecule has 0 aliphatic rings. The van der Waals surface area contributed by atoms with E-state index in [1.54, 1.807) is 12.1 Å². The van der Waals surface area contributed by atoms with Gasteiger partial charge in [0, 0.05) is 5.69 Å². The number of rotatable bonds is 8. The maximum atomic E-state index is 12.5. The fraction of sp³-hybridized carbons (Fsp3) is 0.0800. The van der Waals surface area contributed by atoms with Crippen LogP contribution in [0.5, 0.6) is 0 Å². The van der Waals surface area contributed by atoms with Crippen LogP contribution in [0.2, 0.25) is 0 Å². The van der Waals surface area contributed by atoms with Gasteiger partial charge in [0.05, 0.1) is 44.8 Å². The largest absolute Gasteiger partial charge is 0.333 e. The molecule has 0 fully saturated rings. The average molecular weight is 514 g/mol. The van der Waals surface area contributed by atoms with Gasteiger partial charge in [-0.3, -0.25) is 9.59 Å². The first-order chi connectivity index (χ1) is 17.6. The summed E-state index contributed by atoms with van der Waals surface area (Å²) in [7, 11) is 0. The molecular weight excluding hydrogens is 494 g/mol. The van der Waals surface area contributed by atoms with Crippen molar-refractivity contribution in [3.05, 3.63) is 72.3 Å². The quantitative estimate of drug-likeness (QED) is 0.219. The number of nitrogens with zero attached hydrogens (tertiary/aromatic N) is 3. The molecule has 0 saturated carbocycles. The Bertz CT molecular complexity index is 1550. The lowest BCUT2D eigenvalue weighted by atomic mass is 10.1. The summed E-state index contributed by atoms with van der Waals surface area (Å²) >= 11 is 2.56. The summed E-state index contributed by atoms with van der Waals surface area (Å²) in [6.07, 6.45) is 0. The second-order valence-electron chi connectivity index (χ2n) is 7.66. The van der Waals surface area contributed by atoms with E-state index in [1.165, 1.54) is 29.6 Å². The van der Waals surface area contributed by atoms with Crippen molar-refractivity contribution in [3.63, 3.8) is 0 Å². The monoisotopic (exact) mass is 513 g/mol. The molecule has 2 amide bonds. The number of fused-ring (bicyclic) bond motifs is 2. The lowest BCUT2D eigenvalue weighted by Crippen LogP contribution is -2.16. The van der Waals surface area contributed by atoms with E-state index in [0.717, 1.165) is 22.1 Å². The van der Waals surface area contributed by atoms with Crippen molar-refractivity contribution in [3.8, 4) is 6.07 Å². The molecule has 0 aliphatic carbocycles. The molecule has 9 nitrogen and oxygen atoms in total. The summed E-state index contributed by atoms with van der Waals surface area (Å²) in [6, 6.07) is 22.1. The van der Waals surface area contributed by atoms with Crippen LogP contribution < -0.4 is 10.6 Å². The van der Waals surface area contributed by atoms with Crippen molar-refractivity contribution in [2.75, 3.05) is 22.1 Å². The van der Waals surface area contributed by atoms with Gasteiger partial charge in [0.25, 0.3) is 0 Å². The lowest BCUT2D eigenvalue weighted by molar-refractivity contribution is -0.114. The Kier molecular flexibility index (Phi) is 6.88. The van der Waals surface area contributed by atoms with Gasteiger partial charge in [-0.1, -0.05) is 47.8 Å². The van der Waals surface area contributed by atoms with Gasteiger partial charge in [-0.15, -0.1) is 0 Å². The molecule has 0 unspecified atom stereocenters. The molecule has 11 heteroatoms. The number of para-hydroxylation sites is 4. The molecule has 4 N–H and O–H groups in total. The van der Waals surface area contributed by atoms with Crippen LogP contribution in [0.4, 0.5) is 11.4 Å². The Morgan fingerprint density at radius 3 is 1.92 bits per heavy atom. The Labute approximate surface area is 214 Å². The minimum Gasteiger partial charge on any atom is -0.333 e. The number of H-pyrrole nitrogens is 2. The third-order valence-electron chi connectivity index (χ3n) is 5.11. The molecule has 3 aromatic carbocycles. The summed E-state index contributed by atoms with van der Waals surface area (Å²) in [5, 5.41) is 16.4. The average Bonchev–Trinajstić information content (AvgIpc) is 3.50. The zero-order valence-electron chi connectivity index (χ0n) is 18.7. The third kappa shape index (κ3) is 5.51. The van der Waals surface area contributed by atoms with E-state index in [-0.39, 0.29) is 28.9 Å². The van der Waals surface area contributed by atoms with Crippen LogP contribution in [-0.2, 0) is 9.59 Å². The van der Waals surface area contributed by atoms with Gasteiger partial charge >= 0.3 is 0 Å². The van der Waals surface area contributed by atoms with Crippen LogP contribution in [-0.4, -0.2) is 43.3 Å². The number of nitriles is 1. The Balaban J connectivity index is 1.15. The molecule has 2 aromatic heterocycles. The number of hydrogen-bond acceptors (Lipinski definition) is 7. The summed E-state index contributed by atoms with van der Waals surface area (Å²) < 4.78 is 0. The lowest BCUT2D eigenvalue weighted by Gasteiger charge is -2.09. The number of aromatic nitrogens is 4. The van der Waals surface area contributed by atoms with Crippen molar-refractivity contribution in [1.29, 1.82) is 5.26 Å². The number of anilines is 2. The number of hydrogen-bond donors (Lipinski definition) is 4. The van der Waals surface area contributed by atoms with E-state index in [4.69, 9.17) is 0 Å². The summed E-state index contributed by atoms with van der Waals surface area (Å²) in [5.41, 5.74) is 4.58. The van der Waals surface area contributed by atoms with Crippen LogP contribution in [0.1, 0.15) is 5.56 Å². The van der Waals surface area contributed by atoms with Crippen molar-refractivity contribution < 1.29 is 9.59 Å². The predicted octanol–water partition coefficient (Wildman–Crippen LogP) is 4.77. The van der Waals surface area contributed by atoms with Crippen LogP contribution >= 0.6 is 23.5 Å². The van der Waals surface area contributed by atoms with E-state index < -0.39 is 0 Å². The van der Waals surface area contributed by atoms with E-state index >= 15 is 0 Å². The second kappa shape index (κ2) is 10.6. The van der Waals surface area contributed by atoms with E-state index in [9.17, 15) is 14.9 Å². The second-order valence-corrected chi connectivity index (χ2v) is 9.59. The fourth-order valence-corrected chi connectivity index (χ4v) is 4.84. The van der Waals surface area contributed by atoms with Crippen LogP contribution in [0, 0.1) is 11.3 Å². The SMILES string of the molecule is N#Cc1cc(NC(=O)CSc2nc3ccccc3[nH]2)ccc1NC(=O)CSc1nc2ccccc2[nH]1. The highest BCUT2D eigenvalue weighted by Crippen LogP contribution is 2.23. The molecule has 36 heavy (non-hydrogen) atoms. The van der Waals surface area contributed by atoms with Gasteiger partial charge in [0.1, 0.15) is 6.07 Å². The number of amides is 2. The Morgan fingerprint density at radius 1 is 0.806 bits per heavy atom. The van der Waals surface area contributed by atoms with Crippen LogP contribution in [0.3, 0.4) is 0 Å². The number of benzene rings is 3. The first-order valence-corrected chi connectivity index (χ1v) is 12.8. The maximum absolute atomic E-state index is 12.5. The molecule has 2 heterocycles. The highest BCUT2D eigenvalue weighted by atomic mass is 32.2. The summed E-state index contributed by atoms with van der Waals surface area (Å²) in [5.74, 6) is -0.221. The first-order valence-electron chi connectivity index (χ1n) is 10.9. The van der Waals surface area contributed by atoms with Crippen molar-refractivity contribution in [2.24, 2.45) is 0 Å².